The van der Waals surface area contributed by atoms with E-state index in [9.17, 15) is 4.79 Å². The molecule has 1 amide bonds. The molecule has 0 bridgehead atoms. The van der Waals surface area contributed by atoms with Gasteiger partial charge >= 0.3 is 0 Å². The van der Waals surface area contributed by atoms with Gasteiger partial charge in [0, 0.05) is 24.8 Å². The van der Waals surface area contributed by atoms with Crippen molar-refractivity contribution < 1.29 is 4.79 Å². The minimum atomic E-state index is 0.386. The molecule has 2 aliphatic rings. The van der Waals surface area contributed by atoms with Gasteiger partial charge in [-0.15, -0.1) is 0 Å². The van der Waals surface area contributed by atoms with Gasteiger partial charge in [-0.1, -0.05) is 29.3 Å². The molecule has 1 saturated carbocycles. The average Bonchev–Trinajstić information content (AvgIpc) is 2.37. The third-order valence-corrected chi connectivity index (χ3v) is 5.51. The molecule has 1 saturated heterocycles. The Bertz CT molecular complexity index is 257. The van der Waals surface area contributed by atoms with Gasteiger partial charge in [-0.3, -0.25) is 4.79 Å². The van der Waals surface area contributed by atoms with Crippen LogP contribution in [0.5, 0.6) is 0 Å². The number of nitrogens with zero attached hydrogens (tertiary/aromatic N) is 1. The summed E-state index contributed by atoms with van der Waals surface area (Å²) in [5.41, 5.74) is 0.406. The predicted octanol–water partition coefficient (Wildman–Crippen LogP) is 3.20. The molecule has 3 heteroatoms. The SMILES string of the molecule is CC1CCC(=O)N(CC2(CBr)CCC2)CC1. The highest BCUT2D eigenvalue weighted by Gasteiger charge is 2.38. The van der Waals surface area contributed by atoms with Crippen molar-refractivity contribution in [1.29, 1.82) is 0 Å². The lowest BCUT2D eigenvalue weighted by molar-refractivity contribution is -0.133. The maximum Gasteiger partial charge on any atom is 0.222 e. The van der Waals surface area contributed by atoms with Gasteiger partial charge in [0.05, 0.1) is 0 Å². The first kappa shape index (κ1) is 12.4. The first-order chi connectivity index (χ1) is 7.65. The first-order valence-electron chi connectivity index (χ1n) is 6.49. The first-order valence-corrected chi connectivity index (χ1v) is 7.61. The standard InChI is InChI=1S/C13H22BrNO/c1-11-3-4-12(16)15(8-5-11)10-13(9-14)6-2-7-13/h11H,2-10H2,1H3. The Hall–Kier alpha value is -0.0500. The van der Waals surface area contributed by atoms with E-state index < -0.39 is 0 Å². The molecule has 0 radical (unpaired) electrons. The summed E-state index contributed by atoms with van der Waals surface area (Å²) >= 11 is 3.62. The van der Waals surface area contributed by atoms with E-state index in [0.717, 1.165) is 37.2 Å². The monoisotopic (exact) mass is 287 g/mol. The summed E-state index contributed by atoms with van der Waals surface area (Å²) in [6.07, 6.45) is 6.94. The number of amides is 1. The van der Waals surface area contributed by atoms with E-state index in [0.29, 0.717) is 11.3 Å². The Morgan fingerprint density at radius 3 is 2.75 bits per heavy atom. The third kappa shape index (κ3) is 2.61. The zero-order chi connectivity index (χ0) is 11.6. The Morgan fingerprint density at radius 1 is 1.44 bits per heavy atom. The van der Waals surface area contributed by atoms with Crippen LogP contribution in [0.1, 0.15) is 45.4 Å². The van der Waals surface area contributed by atoms with Gasteiger partial charge in [0.25, 0.3) is 0 Å². The highest BCUT2D eigenvalue weighted by molar-refractivity contribution is 9.09. The molecule has 2 rings (SSSR count). The largest absolute Gasteiger partial charge is 0.342 e. The third-order valence-electron chi connectivity index (χ3n) is 4.32. The molecule has 1 unspecified atom stereocenters. The van der Waals surface area contributed by atoms with Crippen LogP contribution in [0.25, 0.3) is 0 Å². The molecule has 2 fully saturated rings. The van der Waals surface area contributed by atoms with E-state index in [1.165, 1.54) is 25.7 Å². The van der Waals surface area contributed by atoms with E-state index in [-0.39, 0.29) is 0 Å². The van der Waals surface area contributed by atoms with Crippen LogP contribution in [0, 0.1) is 11.3 Å². The minimum absolute atomic E-state index is 0.386. The molecule has 2 nitrogen and oxygen atoms in total. The molecule has 16 heavy (non-hydrogen) atoms. The van der Waals surface area contributed by atoms with Gasteiger partial charge in [-0.25, -0.2) is 0 Å². The zero-order valence-corrected chi connectivity index (χ0v) is 11.8. The van der Waals surface area contributed by atoms with E-state index >= 15 is 0 Å². The lowest BCUT2D eigenvalue weighted by atomic mass is 9.70. The molecule has 1 aliphatic heterocycles. The van der Waals surface area contributed by atoms with Crippen LogP contribution in [0.15, 0.2) is 0 Å². The number of rotatable bonds is 3. The number of halogens is 1. The van der Waals surface area contributed by atoms with Crippen molar-refractivity contribution in [2.75, 3.05) is 18.4 Å². The second-order valence-corrected chi connectivity index (χ2v) is 6.30. The van der Waals surface area contributed by atoms with Crippen LogP contribution < -0.4 is 0 Å². The fourth-order valence-corrected chi connectivity index (χ4v) is 3.49. The summed E-state index contributed by atoms with van der Waals surface area (Å²) in [5, 5.41) is 1.05. The lowest BCUT2D eigenvalue weighted by Gasteiger charge is -2.44. The van der Waals surface area contributed by atoms with E-state index in [1.54, 1.807) is 0 Å². The van der Waals surface area contributed by atoms with Gasteiger partial charge < -0.3 is 4.90 Å². The molecular formula is C13H22BrNO. The van der Waals surface area contributed by atoms with Crippen molar-refractivity contribution in [3.8, 4) is 0 Å². The fraction of sp³-hybridized carbons (Fsp3) is 0.923. The lowest BCUT2D eigenvalue weighted by Crippen LogP contribution is -2.45. The maximum atomic E-state index is 12.0. The van der Waals surface area contributed by atoms with Crippen LogP contribution in [0.2, 0.25) is 0 Å². The minimum Gasteiger partial charge on any atom is -0.342 e. The van der Waals surface area contributed by atoms with Crippen LogP contribution in [-0.4, -0.2) is 29.2 Å². The highest BCUT2D eigenvalue weighted by atomic mass is 79.9. The second kappa shape index (κ2) is 5.07. The molecule has 0 spiro atoms. The van der Waals surface area contributed by atoms with Crippen molar-refractivity contribution in [3.05, 3.63) is 0 Å². The highest BCUT2D eigenvalue weighted by Crippen LogP contribution is 2.43. The number of carbonyl (C=O) groups excluding carboxylic acids is 1. The summed E-state index contributed by atoms with van der Waals surface area (Å²) in [7, 11) is 0. The Balaban J connectivity index is 1.94. The molecule has 0 aromatic carbocycles. The molecule has 0 aromatic heterocycles. The zero-order valence-electron chi connectivity index (χ0n) is 10.2. The molecular weight excluding hydrogens is 266 g/mol. The Labute approximate surface area is 107 Å². The summed E-state index contributed by atoms with van der Waals surface area (Å²) in [6.45, 7) is 4.24. The van der Waals surface area contributed by atoms with Crippen molar-refractivity contribution >= 4 is 21.8 Å². The van der Waals surface area contributed by atoms with Crippen molar-refractivity contribution in [2.24, 2.45) is 11.3 Å². The summed E-state index contributed by atoms with van der Waals surface area (Å²) in [5.74, 6) is 1.10. The number of likely N-dealkylation sites (tertiary alicyclic amines) is 1. The molecule has 1 aliphatic carbocycles. The van der Waals surface area contributed by atoms with Crippen LogP contribution in [-0.2, 0) is 4.79 Å². The van der Waals surface area contributed by atoms with E-state index in [1.807, 2.05) is 0 Å². The van der Waals surface area contributed by atoms with Gasteiger partial charge in [0.2, 0.25) is 5.91 Å². The fourth-order valence-electron chi connectivity index (χ4n) is 2.76. The van der Waals surface area contributed by atoms with Gasteiger partial charge in [0.1, 0.15) is 0 Å². The van der Waals surface area contributed by atoms with Crippen molar-refractivity contribution in [2.45, 2.75) is 45.4 Å². The summed E-state index contributed by atoms with van der Waals surface area (Å²) < 4.78 is 0. The number of carbonyl (C=O) groups is 1. The summed E-state index contributed by atoms with van der Waals surface area (Å²) in [6, 6.07) is 0. The van der Waals surface area contributed by atoms with E-state index in [2.05, 4.69) is 27.8 Å². The molecule has 1 atom stereocenters. The van der Waals surface area contributed by atoms with Crippen molar-refractivity contribution in [1.82, 2.24) is 4.90 Å². The summed E-state index contributed by atoms with van der Waals surface area (Å²) in [4.78, 5) is 14.1. The quantitative estimate of drug-likeness (QED) is 0.730. The van der Waals surface area contributed by atoms with Crippen LogP contribution >= 0.6 is 15.9 Å². The average molecular weight is 288 g/mol. The number of alkyl halides is 1. The normalized spacial score (nSPS) is 29.8. The number of hydrogen-bond acceptors (Lipinski definition) is 1. The van der Waals surface area contributed by atoms with Crippen LogP contribution in [0.3, 0.4) is 0 Å². The smallest absolute Gasteiger partial charge is 0.222 e. The number of hydrogen-bond donors (Lipinski definition) is 0. The van der Waals surface area contributed by atoms with Crippen molar-refractivity contribution in [3.63, 3.8) is 0 Å². The Morgan fingerprint density at radius 2 is 2.19 bits per heavy atom. The molecule has 1 heterocycles. The van der Waals surface area contributed by atoms with Gasteiger partial charge in [-0.05, 0) is 37.0 Å². The maximum absolute atomic E-state index is 12.0. The molecule has 0 N–H and O–H groups in total. The van der Waals surface area contributed by atoms with Gasteiger partial charge in [-0.2, -0.15) is 0 Å². The van der Waals surface area contributed by atoms with Gasteiger partial charge in [0.15, 0.2) is 0 Å². The second-order valence-electron chi connectivity index (χ2n) is 5.73. The Kier molecular flexibility index (Phi) is 3.93. The van der Waals surface area contributed by atoms with Crippen LogP contribution in [0.4, 0.5) is 0 Å². The molecule has 92 valence electrons. The molecule has 0 aromatic rings. The van der Waals surface area contributed by atoms with E-state index in [4.69, 9.17) is 0 Å². The predicted molar refractivity (Wildman–Crippen MR) is 69.7 cm³/mol. The topological polar surface area (TPSA) is 20.3 Å².